The first-order chi connectivity index (χ1) is 11.8. The lowest BCUT2D eigenvalue weighted by molar-refractivity contribution is -0.129. The van der Waals surface area contributed by atoms with Crippen LogP contribution in [0.25, 0.3) is 11.5 Å². The monoisotopic (exact) mass is 339 g/mol. The lowest BCUT2D eigenvalue weighted by Gasteiger charge is -2.15. The molecule has 1 aliphatic heterocycles. The van der Waals surface area contributed by atoms with Gasteiger partial charge < -0.3 is 9.42 Å². The highest BCUT2D eigenvalue weighted by atomic mass is 32.1. The fourth-order valence-corrected chi connectivity index (χ4v) is 3.64. The van der Waals surface area contributed by atoms with Crippen molar-refractivity contribution in [2.24, 2.45) is 0 Å². The van der Waals surface area contributed by atoms with Gasteiger partial charge >= 0.3 is 0 Å². The van der Waals surface area contributed by atoms with E-state index in [0.717, 1.165) is 24.1 Å². The van der Waals surface area contributed by atoms with E-state index in [1.54, 1.807) is 11.3 Å². The third-order valence-corrected chi connectivity index (χ3v) is 5.04. The number of nitrogens with zero attached hydrogens (tertiary/aromatic N) is 3. The van der Waals surface area contributed by atoms with Crippen LogP contribution in [0.5, 0.6) is 0 Å². The van der Waals surface area contributed by atoms with Crippen LogP contribution in [0, 0.1) is 0 Å². The number of carbonyl (C=O) groups is 1. The second kappa shape index (κ2) is 6.57. The molecule has 3 heterocycles. The van der Waals surface area contributed by atoms with Crippen LogP contribution in [0.3, 0.4) is 0 Å². The third kappa shape index (κ3) is 3.10. The van der Waals surface area contributed by atoms with Crippen LogP contribution < -0.4 is 0 Å². The Morgan fingerprint density at radius 3 is 2.96 bits per heavy atom. The zero-order chi connectivity index (χ0) is 16.4. The summed E-state index contributed by atoms with van der Waals surface area (Å²) in [7, 11) is 0. The van der Waals surface area contributed by atoms with E-state index < -0.39 is 0 Å². The molecule has 6 heteroatoms. The second-order valence-corrected chi connectivity index (χ2v) is 6.74. The molecule has 1 unspecified atom stereocenters. The van der Waals surface area contributed by atoms with Crippen LogP contribution >= 0.6 is 11.3 Å². The standard InChI is InChI=1S/C18H17N3O2S/c22-16(10-13-7-9-24-12-13)21-8-6-15(11-21)17-19-18(23-20-17)14-4-2-1-3-5-14/h1-5,7,9,12,15H,6,8,10-11H2. The molecule has 0 spiro atoms. The number of rotatable bonds is 4. The van der Waals surface area contributed by atoms with E-state index in [1.807, 2.05) is 52.1 Å². The molecule has 0 radical (unpaired) electrons. The number of thiophene rings is 1. The summed E-state index contributed by atoms with van der Waals surface area (Å²) < 4.78 is 5.38. The summed E-state index contributed by atoms with van der Waals surface area (Å²) in [5.41, 5.74) is 2.00. The Balaban J connectivity index is 1.42. The molecule has 4 rings (SSSR count). The Labute approximate surface area is 143 Å². The Bertz CT molecular complexity index is 814. The summed E-state index contributed by atoms with van der Waals surface area (Å²) in [6, 6.07) is 11.7. The van der Waals surface area contributed by atoms with Crippen LogP contribution in [0.4, 0.5) is 0 Å². The molecule has 5 nitrogen and oxygen atoms in total. The van der Waals surface area contributed by atoms with Gasteiger partial charge in [-0.25, -0.2) is 0 Å². The van der Waals surface area contributed by atoms with Crippen molar-refractivity contribution in [3.05, 3.63) is 58.5 Å². The van der Waals surface area contributed by atoms with Crippen LogP contribution in [-0.2, 0) is 11.2 Å². The molecule has 1 fully saturated rings. The van der Waals surface area contributed by atoms with E-state index in [0.29, 0.717) is 24.7 Å². The lowest BCUT2D eigenvalue weighted by Crippen LogP contribution is -2.29. The molecule has 0 bridgehead atoms. The summed E-state index contributed by atoms with van der Waals surface area (Å²) in [4.78, 5) is 18.8. The summed E-state index contributed by atoms with van der Waals surface area (Å²) in [5, 5.41) is 8.15. The summed E-state index contributed by atoms with van der Waals surface area (Å²) in [5.74, 6) is 1.55. The predicted octanol–water partition coefficient (Wildman–Crippen LogP) is 3.36. The van der Waals surface area contributed by atoms with Crippen molar-refractivity contribution in [3.63, 3.8) is 0 Å². The first-order valence-corrected chi connectivity index (χ1v) is 8.92. The Morgan fingerprint density at radius 1 is 1.29 bits per heavy atom. The van der Waals surface area contributed by atoms with E-state index >= 15 is 0 Å². The van der Waals surface area contributed by atoms with Gasteiger partial charge in [-0.1, -0.05) is 23.4 Å². The third-order valence-electron chi connectivity index (χ3n) is 4.30. The lowest BCUT2D eigenvalue weighted by atomic mass is 10.1. The van der Waals surface area contributed by atoms with Gasteiger partial charge in [0.2, 0.25) is 5.91 Å². The van der Waals surface area contributed by atoms with E-state index in [2.05, 4.69) is 10.1 Å². The minimum Gasteiger partial charge on any atom is -0.342 e. The molecule has 1 atom stereocenters. The van der Waals surface area contributed by atoms with Gasteiger partial charge in [-0.15, -0.1) is 0 Å². The van der Waals surface area contributed by atoms with Crippen LogP contribution in [0.2, 0.25) is 0 Å². The topological polar surface area (TPSA) is 59.2 Å². The molecule has 0 saturated carbocycles. The maximum atomic E-state index is 12.4. The average Bonchev–Trinajstić information content (AvgIpc) is 3.36. The molecule has 0 N–H and O–H groups in total. The van der Waals surface area contributed by atoms with Crippen LogP contribution in [0.15, 0.2) is 51.7 Å². The van der Waals surface area contributed by atoms with Crippen molar-refractivity contribution in [3.8, 4) is 11.5 Å². The van der Waals surface area contributed by atoms with Gasteiger partial charge in [0.1, 0.15) is 0 Å². The SMILES string of the molecule is O=C(Cc1ccsc1)N1CCC(c2noc(-c3ccccc3)n2)C1. The second-order valence-electron chi connectivity index (χ2n) is 5.96. The number of hydrogen-bond acceptors (Lipinski definition) is 5. The fraction of sp³-hybridized carbons (Fsp3) is 0.278. The van der Waals surface area contributed by atoms with Gasteiger partial charge in [0.25, 0.3) is 5.89 Å². The Hall–Kier alpha value is -2.47. The normalized spacial score (nSPS) is 17.3. The highest BCUT2D eigenvalue weighted by Crippen LogP contribution is 2.27. The number of amides is 1. The van der Waals surface area contributed by atoms with Gasteiger partial charge in [-0.05, 0) is 40.9 Å². The predicted molar refractivity (Wildman–Crippen MR) is 91.7 cm³/mol. The Morgan fingerprint density at radius 2 is 2.17 bits per heavy atom. The number of benzene rings is 1. The molecule has 24 heavy (non-hydrogen) atoms. The average molecular weight is 339 g/mol. The summed E-state index contributed by atoms with van der Waals surface area (Å²) in [6.07, 6.45) is 1.35. The maximum Gasteiger partial charge on any atom is 0.257 e. The molecule has 1 amide bonds. The molecule has 1 saturated heterocycles. The van der Waals surface area contributed by atoms with Gasteiger partial charge in [0.15, 0.2) is 5.82 Å². The van der Waals surface area contributed by atoms with Crippen molar-refractivity contribution in [1.29, 1.82) is 0 Å². The highest BCUT2D eigenvalue weighted by Gasteiger charge is 2.30. The molecule has 2 aromatic heterocycles. The minimum atomic E-state index is 0.151. The van der Waals surface area contributed by atoms with Crippen molar-refractivity contribution in [2.75, 3.05) is 13.1 Å². The van der Waals surface area contributed by atoms with E-state index in [9.17, 15) is 4.79 Å². The Kier molecular flexibility index (Phi) is 4.13. The molecule has 0 aliphatic carbocycles. The van der Waals surface area contributed by atoms with Gasteiger partial charge in [-0.3, -0.25) is 4.79 Å². The number of likely N-dealkylation sites (tertiary alicyclic amines) is 1. The minimum absolute atomic E-state index is 0.151. The summed E-state index contributed by atoms with van der Waals surface area (Å²) in [6.45, 7) is 1.42. The fourth-order valence-electron chi connectivity index (χ4n) is 2.98. The maximum absolute atomic E-state index is 12.4. The smallest absolute Gasteiger partial charge is 0.257 e. The van der Waals surface area contributed by atoms with Gasteiger partial charge in [0.05, 0.1) is 6.42 Å². The van der Waals surface area contributed by atoms with Crippen molar-refractivity contribution in [1.82, 2.24) is 15.0 Å². The van der Waals surface area contributed by atoms with Crippen LogP contribution in [-0.4, -0.2) is 34.0 Å². The number of carbonyl (C=O) groups excluding carboxylic acids is 1. The molecule has 122 valence electrons. The largest absolute Gasteiger partial charge is 0.342 e. The van der Waals surface area contributed by atoms with E-state index in [1.165, 1.54) is 0 Å². The first-order valence-electron chi connectivity index (χ1n) is 7.97. The molecule has 3 aromatic rings. The number of hydrogen-bond donors (Lipinski definition) is 0. The van der Waals surface area contributed by atoms with Gasteiger partial charge in [-0.2, -0.15) is 16.3 Å². The molecular weight excluding hydrogens is 322 g/mol. The number of aromatic nitrogens is 2. The zero-order valence-electron chi connectivity index (χ0n) is 13.1. The van der Waals surface area contributed by atoms with Crippen molar-refractivity contribution >= 4 is 17.2 Å². The molecular formula is C18H17N3O2S. The first kappa shape index (κ1) is 15.1. The van der Waals surface area contributed by atoms with Crippen molar-refractivity contribution in [2.45, 2.75) is 18.8 Å². The molecule has 1 aliphatic rings. The van der Waals surface area contributed by atoms with Crippen LogP contribution in [0.1, 0.15) is 23.7 Å². The zero-order valence-corrected chi connectivity index (χ0v) is 13.9. The van der Waals surface area contributed by atoms with Gasteiger partial charge in [0, 0.05) is 24.6 Å². The summed E-state index contributed by atoms with van der Waals surface area (Å²) >= 11 is 1.62. The molecule has 1 aromatic carbocycles. The van der Waals surface area contributed by atoms with E-state index in [4.69, 9.17) is 4.52 Å². The highest BCUT2D eigenvalue weighted by molar-refractivity contribution is 7.08. The van der Waals surface area contributed by atoms with E-state index in [-0.39, 0.29) is 11.8 Å². The van der Waals surface area contributed by atoms with Crippen molar-refractivity contribution < 1.29 is 9.32 Å². The quantitative estimate of drug-likeness (QED) is 0.731.